The van der Waals surface area contributed by atoms with E-state index in [0.29, 0.717) is 32.1 Å². The zero-order chi connectivity index (χ0) is 66.0. The standard InChI is InChI=1S/C65H124NO15P.C6H15N/c1-5-9-13-17-21-25-27-31-35-39-43-47-60(71)78-55(45-41-37-33-29-23-19-15-11-7-3)49-57(69)62-63(73)64(81-82(74,75)76)58(52-68)80-65(62)77-53-54(51-67)66-59(70)50-56(46-42-38-34-30-24-20-16-12-8-4)79-61(72)48-44-40-36-32-28-26-22-18-14-10-6-2;1-4-7(5-2)6-3/h54-56,58,62-65,67-68,73H,5-53H2,1-4H3,(H,66,70)(H2,74,75,76);4-6H2,1-3H3/t54-,55-,56-,58-,62+,63-,64-,65+;/m1./s1. The normalized spacial score (nSPS) is 17.9. The Kier molecular flexibility index (Phi) is 59.5. The highest BCUT2D eigenvalue weighted by atomic mass is 31.2. The van der Waals surface area contributed by atoms with E-state index in [1.165, 1.54) is 167 Å². The van der Waals surface area contributed by atoms with Crippen molar-refractivity contribution in [2.75, 3.05) is 39.5 Å². The maximum Gasteiger partial charge on any atom is 0.470 e. The Morgan fingerprint density at radius 3 is 1.15 bits per heavy atom. The quantitative estimate of drug-likeness (QED) is 0.0188. The summed E-state index contributed by atoms with van der Waals surface area (Å²) in [6, 6.07) is -1.06. The van der Waals surface area contributed by atoms with Crippen molar-refractivity contribution in [1.29, 1.82) is 0 Å². The van der Waals surface area contributed by atoms with E-state index < -0.39 is 94.1 Å². The Balaban J connectivity index is 0.0000104. The van der Waals surface area contributed by atoms with E-state index in [9.17, 15) is 48.8 Å². The Labute approximate surface area is 543 Å². The number of esters is 2. The van der Waals surface area contributed by atoms with Crippen molar-refractivity contribution in [3.8, 4) is 0 Å². The van der Waals surface area contributed by atoms with Gasteiger partial charge in [-0.1, -0.05) is 280 Å². The summed E-state index contributed by atoms with van der Waals surface area (Å²) in [7, 11) is -5.30. The number of hydrogen-bond acceptors (Lipinski definition) is 14. The summed E-state index contributed by atoms with van der Waals surface area (Å²) in [6.07, 6.45) is 36.9. The zero-order valence-corrected chi connectivity index (χ0v) is 59.0. The van der Waals surface area contributed by atoms with Gasteiger partial charge in [0.1, 0.15) is 30.2 Å². The molecule has 6 N–H and O–H groups in total. The summed E-state index contributed by atoms with van der Waals surface area (Å²) in [4.78, 5) is 76.8. The molecule has 1 saturated heterocycles. The molecule has 1 rings (SSSR count). The second-order valence-electron chi connectivity index (χ2n) is 25.6. The van der Waals surface area contributed by atoms with E-state index in [1.54, 1.807) is 0 Å². The molecular weight excluding hydrogens is 1150 g/mol. The van der Waals surface area contributed by atoms with Gasteiger partial charge >= 0.3 is 19.8 Å². The van der Waals surface area contributed by atoms with Gasteiger partial charge in [-0.3, -0.25) is 23.7 Å². The van der Waals surface area contributed by atoms with Gasteiger partial charge < -0.3 is 54.3 Å². The number of amides is 1. The Morgan fingerprint density at radius 1 is 0.494 bits per heavy atom. The number of ether oxygens (including phenoxy) is 4. The van der Waals surface area contributed by atoms with Crippen LogP contribution in [0.1, 0.15) is 344 Å². The molecule has 8 atom stereocenters. The van der Waals surface area contributed by atoms with Crippen LogP contribution in [-0.4, -0.2) is 136 Å². The van der Waals surface area contributed by atoms with E-state index in [4.69, 9.17) is 23.5 Å². The number of phosphoric acid groups is 1. The first kappa shape index (κ1) is 87.0. The fourth-order valence-electron chi connectivity index (χ4n) is 11.8. The van der Waals surface area contributed by atoms with Crippen molar-refractivity contribution in [2.24, 2.45) is 5.92 Å². The molecule has 0 aromatic heterocycles. The minimum Gasteiger partial charge on any atom is -0.462 e. The molecular formula is C71H139N2O15P. The third-order valence-electron chi connectivity index (χ3n) is 17.5. The summed E-state index contributed by atoms with van der Waals surface area (Å²) >= 11 is 0. The number of carbonyl (C=O) groups is 4. The van der Waals surface area contributed by atoms with Gasteiger partial charge in [0.05, 0.1) is 44.3 Å². The molecule has 0 bridgehead atoms. The van der Waals surface area contributed by atoms with Crippen molar-refractivity contribution in [2.45, 2.75) is 387 Å². The fraction of sp³-hybridized carbons (Fsp3) is 0.944. The van der Waals surface area contributed by atoms with Gasteiger partial charge in [0, 0.05) is 19.3 Å². The maximum atomic E-state index is 14.5. The van der Waals surface area contributed by atoms with Gasteiger partial charge in [0.25, 0.3) is 0 Å². The van der Waals surface area contributed by atoms with E-state index in [1.807, 2.05) is 0 Å². The molecule has 0 saturated carbocycles. The average molecular weight is 1290 g/mol. The summed E-state index contributed by atoms with van der Waals surface area (Å²) in [5, 5.41) is 35.4. The lowest BCUT2D eigenvalue weighted by Crippen LogP contribution is -2.60. The Morgan fingerprint density at radius 2 is 0.831 bits per heavy atom. The molecule has 0 spiro atoms. The number of ketones is 1. The van der Waals surface area contributed by atoms with Gasteiger partial charge in [-0.25, -0.2) is 4.57 Å². The molecule has 1 heterocycles. The number of carbonyl (C=O) groups excluding carboxylic acids is 4. The highest BCUT2D eigenvalue weighted by Gasteiger charge is 2.51. The predicted octanol–water partition coefficient (Wildman–Crippen LogP) is 16.4. The molecule has 0 aromatic rings. The van der Waals surface area contributed by atoms with E-state index in [2.05, 4.69) is 58.7 Å². The number of aliphatic hydroxyl groups excluding tert-OH is 3. The molecule has 528 valence electrons. The lowest BCUT2D eigenvalue weighted by atomic mass is 9.85. The van der Waals surface area contributed by atoms with Gasteiger partial charge in [-0.15, -0.1) is 0 Å². The van der Waals surface area contributed by atoms with E-state index >= 15 is 0 Å². The van der Waals surface area contributed by atoms with Crippen LogP contribution >= 0.6 is 7.82 Å². The van der Waals surface area contributed by atoms with Crippen LogP contribution in [0.2, 0.25) is 0 Å². The van der Waals surface area contributed by atoms with Gasteiger partial charge in [0.2, 0.25) is 5.91 Å². The number of nitrogens with zero attached hydrogens (tertiary/aromatic N) is 1. The van der Waals surface area contributed by atoms with Crippen molar-refractivity contribution in [3.05, 3.63) is 0 Å². The van der Waals surface area contributed by atoms with Crippen LogP contribution in [0.25, 0.3) is 0 Å². The smallest absolute Gasteiger partial charge is 0.462 e. The largest absolute Gasteiger partial charge is 0.470 e. The van der Waals surface area contributed by atoms with Crippen molar-refractivity contribution >= 4 is 31.5 Å². The topological polar surface area (TPSA) is 248 Å². The number of hydrogen-bond donors (Lipinski definition) is 6. The predicted molar refractivity (Wildman–Crippen MR) is 360 cm³/mol. The molecule has 17 nitrogen and oxygen atoms in total. The molecule has 0 unspecified atom stereocenters. The zero-order valence-electron chi connectivity index (χ0n) is 58.1. The fourth-order valence-corrected chi connectivity index (χ4v) is 12.4. The number of aliphatic hydroxyl groups is 3. The monoisotopic (exact) mass is 1290 g/mol. The van der Waals surface area contributed by atoms with Crippen molar-refractivity contribution < 1.29 is 72.3 Å². The minimum absolute atomic E-state index is 0.149. The maximum absolute atomic E-state index is 14.5. The summed E-state index contributed by atoms with van der Waals surface area (Å²) in [6.45, 7) is 17.0. The van der Waals surface area contributed by atoms with Crippen LogP contribution in [0.4, 0.5) is 0 Å². The first-order chi connectivity index (χ1) is 43.1. The lowest BCUT2D eigenvalue weighted by molar-refractivity contribution is -0.278. The molecule has 18 heteroatoms. The van der Waals surface area contributed by atoms with Gasteiger partial charge in [-0.2, -0.15) is 0 Å². The van der Waals surface area contributed by atoms with Crippen LogP contribution < -0.4 is 5.32 Å². The molecule has 1 amide bonds. The first-order valence-corrected chi connectivity index (χ1v) is 38.4. The molecule has 1 aliphatic rings. The summed E-state index contributed by atoms with van der Waals surface area (Å²) in [5.74, 6) is -3.61. The van der Waals surface area contributed by atoms with Crippen LogP contribution in [-0.2, 0) is 47.2 Å². The molecule has 0 aliphatic carbocycles. The number of unbranched alkanes of at least 4 members (excludes halogenated alkanes) is 36. The van der Waals surface area contributed by atoms with Crippen LogP contribution in [0, 0.1) is 5.92 Å². The van der Waals surface area contributed by atoms with Crippen LogP contribution in [0.5, 0.6) is 0 Å². The molecule has 1 fully saturated rings. The second-order valence-corrected chi connectivity index (χ2v) is 26.8. The average Bonchev–Trinajstić information content (AvgIpc) is 1.61. The third kappa shape index (κ3) is 50.1. The molecule has 0 radical (unpaired) electrons. The lowest BCUT2D eigenvalue weighted by Gasteiger charge is -2.43. The SMILES string of the molecule is CCCCCCCCCCCCCC(=O)O[C@H](CCCCCCCCCCC)CC(=O)N[C@H](CO)CO[C@H]1O[C@H](CO)[C@@H](OP(=O)(O)O)[C@H](O)[C@@H]1C(=O)C[C@@H](CCCCCCCCCCC)OC(=O)CCCCCCCCCCCCC.CCN(CC)CC. The molecule has 0 aromatic carbocycles. The highest BCUT2D eigenvalue weighted by Crippen LogP contribution is 2.43. The van der Waals surface area contributed by atoms with Gasteiger partial charge in [-0.05, 0) is 58.2 Å². The van der Waals surface area contributed by atoms with Crippen LogP contribution in [0.15, 0.2) is 0 Å². The van der Waals surface area contributed by atoms with E-state index in [-0.39, 0.29) is 31.7 Å². The number of phosphoric ester groups is 1. The van der Waals surface area contributed by atoms with E-state index in [0.717, 1.165) is 89.9 Å². The first-order valence-electron chi connectivity index (χ1n) is 36.9. The highest BCUT2D eigenvalue weighted by molar-refractivity contribution is 7.46. The summed E-state index contributed by atoms with van der Waals surface area (Å²) < 4.78 is 41.0. The van der Waals surface area contributed by atoms with Crippen molar-refractivity contribution in [3.63, 3.8) is 0 Å². The molecule has 1 aliphatic heterocycles. The second kappa shape index (κ2) is 60.9. The molecule has 89 heavy (non-hydrogen) atoms. The number of nitrogens with one attached hydrogen (secondary N) is 1. The Bertz CT molecular complexity index is 1680. The number of Topliss-reactive ketones (excluding diaryl/α,β-unsaturated/α-hetero) is 1. The third-order valence-corrected chi connectivity index (χ3v) is 18.1. The summed E-state index contributed by atoms with van der Waals surface area (Å²) in [5.41, 5.74) is 0. The minimum atomic E-state index is -5.30. The van der Waals surface area contributed by atoms with Crippen LogP contribution in [0.3, 0.4) is 0 Å². The number of rotatable bonds is 62. The van der Waals surface area contributed by atoms with Gasteiger partial charge in [0.15, 0.2) is 6.29 Å². The van der Waals surface area contributed by atoms with Crippen molar-refractivity contribution in [1.82, 2.24) is 10.2 Å². The Hall–Kier alpha value is -2.05.